The number of fused-ring (bicyclic) bond motifs is 1. The molecule has 0 radical (unpaired) electrons. The molecule has 24 heavy (non-hydrogen) atoms. The van der Waals surface area contributed by atoms with Gasteiger partial charge in [0.05, 0.1) is 11.2 Å². The highest BCUT2D eigenvalue weighted by atomic mass is 79.9. The number of hydrogen-bond acceptors (Lipinski definition) is 0. The molecule has 0 fully saturated rings. The van der Waals surface area contributed by atoms with Crippen LogP contribution in [0.25, 0.3) is 22.2 Å². The summed E-state index contributed by atoms with van der Waals surface area (Å²) in [6.07, 6.45) is 0. The molecule has 3 aromatic carbocycles. The molecular weight excluding hydrogens is 358 g/mol. The average molecular weight is 376 g/mol. The number of hydrogen-bond donors (Lipinski definition) is 0. The third kappa shape index (κ3) is 2.57. The van der Waals surface area contributed by atoms with E-state index in [4.69, 9.17) is 0 Å². The summed E-state index contributed by atoms with van der Waals surface area (Å²) in [5.74, 6) is 0. The van der Waals surface area contributed by atoms with E-state index in [0.717, 1.165) is 11.0 Å². The summed E-state index contributed by atoms with van der Waals surface area (Å²) >= 11 is 3.74. The molecule has 0 saturated carbocycles. The van der Waals surface area contributed by atoms with Crippen LogP contribution in [0.3, 0.4) is 0 Å². The second kappa shape index (κ2) is 6.29. The first-order chi connectivity index (χ1) is 11.8. The first-order valence-electron chi connectivity index (χ1n) is 8.12. The van der Waals surface area contributed by atoms with Gasteiger partial charge in [-0.1, -0.05) is 82.7 Å². The monoisotopic (exact) mass is 375 g/mol. The predicted octanol–water partition coefficient (Wildman–Crippen LogP) is 6.43. The van der Waals surface area contributed by atoms with Gasteiger partial charge in [-0.15, -0.1) is 0 Å². The highest BCUT2D eigenvalue weighted by Gasteiger charge is 2.17. The van der Waals surface area contributed by atoms with Crippen molar-refractivity contribution in [3.63, 3.8) is 0 Å². The molecule has 4 aromatic rings. The molecule has 0 N–H and O–H groups in total. The molecule has 0 unspecified atom stereocenters. The zero-order chi connectivity index (χ0) is 16.5. The van der Waals surface area contributed by atoms with Crippen LogP contribution in [0.2, 0.25) is 0 Å². The Labute approximate surface area is 150 Å². The van der Waals surface area contributed by atoms with Crippen LogP contribution >= 0.6 is 15.9 Å². The molecule has 0 aliphatic carbocycles. The SMILES string of the molecule is Cc1c(-c2ccccc2)n(Cc2ccccc2)c2cccc(Br)c12. The molecular formula is C22H18BrN. The highest BCUT2D eigenvalue weighted by molar-refractivity contribution is 9.10. The van der Waals surface area contributed by atoms with Gasteiger partial charge < -0.3 is 4.57 Å². The molecule has 1 aromatic heterocycles. The minimum absolute atomic E-state index is 0.867. The Bertz CT molecular complexity index is 985. The van der Waals surface area contributed by atoms with E-state index >= 15 is 0 Å². The van der Waals surface area contributed by atoms with Crippen LogP contribution < -0.4 is 0 Å². The number of rotatable bonds is 3. The van der Waals surface area contributed by atoms with E-state index in [-0.39, 0.29) is 0 Å². The van der Waals surface area contributed by atoms with Gasteiger partial charge in [0.2, 0.25) is 0 Å². The van der Waals surface area contributed by atoms with Crippen LogP contribution in [-0.4, -0.2) is 4.57 Å². The Morgan fingerprint density at radius 2 is 1.46 bits per heavy atom. The lowest BCUT2D eigenvalue weighted by atomic mass is 10.1. The first kappa shape index (κ1) is 15.2. The van der Waals surface area contributed by atoms with E-state index in [1.807, 2.05) is 0 Å². The first-order valence-corrected chi connectivity index (χ1v) is 8.91. The predicted molar refractivity (Wildman–Crippen MR) is 105 cm³/mol. The highest BCUT2D eigenvalue weighted by Crippen LogP contribution is 2.37. The second-order valence-corrected chi connectivity index (χ2v) is 6.90. The lowest BCUT2D eigenvalue weighted by Gasteiger charge is -2.12. The Hall–Kier alpha value is -2.32. The quantitative estimate of drug-likeness (QED) is 0.388. The van der Waals surface area contributed by atoms with E-state index in [1.54, 1.807) is 0 Å². The molecule has 0 aliphatic heterocycles. The summed E-state index contributed by atoms with van der Waals surface area (Å²) in [5, 5.41) is 1.30. The van der Waals surface area contributed by atoms with Crippen molar-refractivity contribution in [2.45, 2.75) is 13.5 Å². The van der Waals surface area contributed by atoms with Gasteiger partial charge in [-0.2, -0.15) is 0 Å². The standard InChI is InChI=1S/C22H18BrN/c1-16-21-19(23)13-8-14-20(21)24(15-17-9-4-2-5-10-17)22(16)18-11-6-3-7-12-18/h2-14H,15H2,1H3. The molecule has 2 heteroatoms. The van der Waals surface area contributed by atoms with Crippen LogP contribution in [-0.2, 0) is 6.54 Å². The summed E-state index contributed by atoms with van der Waals surface area (Å²) in [7, 11) is 0. The summed E-state index contributed by atoms with van der Waals surface area (Å²) < 4.78 is 3.58. The molecule has 1 nitrogen and oxygen atoms in total. The largest absolute Gasteiger partial charge is 0.336 e. The zero-order valence-electron chi connectivity index (χ0n) is 13.5. The number of aromatic nitrogens is 1. The van der Waals surface area contributed by atoms with E-state index in [0.29, 0.717) is 0 Å². The fraction of sp³-hybridized carbons (Fsp3) is 0.0909. The lowest BCUT2D eigenvalue weighted by Crippen LogP contribution is -2.02. The van der Waals surface area contributed by atoms with Crippen molar-refractivity contribution in [1.82, 2.24) is 4.57 Å². The average Bonchev–Trinajstić information content (AvgIpc) is 2.90. The van der Waals surface area contributed by atoms with Crippen LogP contribution in [0.4, 0.5) is 0 Å². The molecule has 118 valence electrons. The molecule has 0 bridgehead atoms. The summed E-state index contributed by atoms with van der Waals surface area (Å²) in [5.41, 5.74) is 6.45. The van der Waals surface area contributed by atoms with E-state index < -0.39 is 0 Å². The van der Waals surface area contributed by atoms with Crippen molar-refractivity contribution < 1.29 is 0 Å². The van der Waals surface area contributed by atoms with Crippen molar-refractivity contribution >= 4 is 26.8 Å². The van der Waals surface area contributed by atoms with Crippen LogP contribution in [0.1, 0.15) is 11.1 Å². The van der Waals surface area contributed by atoms with Gasteiger partial charge >= 0.3 is 0 Å². The van der Waals surface area contributed by atoms with Gasteiger partial charge in [0.15, 0.2) is 0 Å². The number of aryl methyl sites for hydroxylation is 1. The molecule has 0 atom stereocenters. The summed E-state index contributed by atoms with van der Waals surface area (Å²) in [6.45, 7) is 3.09. The van der Waals surface area contributed by atoms with Crippen molar-refractivity contribution in [2.24, 2.45) is 0 Å². The van der Waals surface area contributed by atoms with Gasteiger partial charge in [-0.05, 0) is 35.7 Å². The number of benzene rings is 3. The smallest absolute Gasteiger partial charge is 0.0524 e. The molecule has 0 amide bonds. The second-order valence-electron chi connectivity index (χ2n) is 6.05. The maximum atomic E-state index is 3.74. The lowest BCUT2D eigenvalue weighted by molar-refractivity contribution is 0.842. The van der Waals surface area contributed by atoms with E-state index in [9.17, 15) is 0 Å². The zero-order valence-corrected chi connectivity index (χ0v) is 15.1. The fourth-order valence-corrected chi connectivity index (χ4v) is 4.10. The van der Waals surface area contributed by atoms with E-state index in [1.165, 1.54) is 33.3 Å². The van der Waals surface area contributed by atoms with Crippen molar-refractivity contribution in [1.29, 1.82) is 0 Å². The third-order valence-electron chi connectivity index (χ3n) is 4.51. The molecule has 4 rings (SSSR count). The van der Waals surface area contributed by atoms with Crippen LogP contribution in [0.15, 0.2) is 83.3 Å². The minimum atomic E-state index is 0.867. The van der Waals surface area contributed by atoms with Gasteiger partial charge in [-0.3, -0.25) is 0 Å². The maximum Gasteiger partial charge on any atom is 0.0524 e. The van der Waals surface area contributed by atoms with E-state index in [2.05, 4.69) is 106 Å². The van der Waals surface area contributed by atoms with Crippen LogP contribution in [0, 0.1) is 6.92 Å². The number of halogens is 1. The Morgan fingerprint density at radius 3 is 2.17 bits per heavy atom. The Kier molecular flexibility index (Phi) is 3.99. The van der Waals surface area contributed by atoms with Gasteiger partial charge in [-0.25, -0.2) is 0 Å². The molecule has 0 saturated heterocycles. The summed E-state index contributed by atoms with van der Waals surface area (Å²) in [6, 6.07) is 27.8. The Balaban J connectivity index is 2.01. The van der Waals surface area contributed by atoms with Crippen LogP contribution in [0.5, 0.6) is 0 Å². The number of nitrogens with zero attached hydrogens (tertiary/aromatic N) is 1. The maximum absolute atomic E-state index is 3.74. The summed E-state index contributed by atoms with van der Waals surface area (Å²) in [4.78, 5) is 0. The van der Waals surface area contributed by atoms with Crippen molar-refractivity contribution in [2.75, 3.05) is 0 Å². The van der Waals surface area contributed by atoms with Crippen molar-refractivity contribution in [3.8, 4) is 11.3 Å². The normalized spacial score (nSPS) is 11.1. The molecule has 1 heterocycles. The molecule has 0 aliphatic rings. The topological polar surface area (TPSA) is 4.93 Å². The Morgan fingerprint density at radius 1 is 0.792 bits per heavy atom. The van der Waals surface area contributed by atoms with Gasteiger partial charge in [0.25, 0.3) is 0 Å². The van der Waals surface area contributed by atoms with Crippen molar-refractivity contribution in [3.05, 3.63) is 94.5 Å². The molecule has 0 spiro atoms. The van der Waals surface area contributed by atoms with Gasteiger partial charge in [0, 0.05) is 16.4 Å². The third-order valence-corrected chi connectivity index (χ3v) is 5.17. The van der Waals surface area contributed by atoms with Gasteiger partial charge in [0.1, 0.15) is 0 Å². The fourth-order valence-electron chi connectivity index (χ4n) is 3.45. The minimum Gasteiger partial charge on any atom is -0.336 e.